The SMILES string of the molecule is O=C(NS(=O)(=O)c1ccc(NC[C@H]2CO[C@H]3OCC[C@@H]23)c([N+](=O)[O-])c1)c1ccc(N2CCN([C@@H]3CCCCc4c(Br)cc(F)cc43)CC2)cc1Oc1cnc2[nH]ccc2c1. The van der Waals surface area contributed by atoms with Crippen molar-refractivity contribution in [1.29, 1.82) is 0 Å². The van der Waals surface area contributed by atoms with Gasteiger partial charge in [-0.3, -0.25) is 19.8 Å². The molecule has 18 heteroatoms. The minimum Gasteiger partial charge on any atom is -0.455 e. The minimum absolute atomic E-state index is 0.0708. The van der Waals surface area contributed by atoms with E-state index in [1.54, 1.807) is 36.5 Å². The van der Waals surface area contributed by atoms with Crippen LogP contribution in [0.1, 0.15) is 53.2 Å². The Morgan fingerprint density at radius 3 is 2.73 bits per heavy atom. The number of sulfonamides is 1. The lowest BCUT2D eigenvalue weighted by atomic mass is 9.93. The monoisotopic (exact) mass is 903 g/mol. The zero-order valence-electron chi connectivity index (χ0n) is 32.4. The normalized spacial score (nSPS) is 21.9. The number of H-pyrrole nitrogens is 1. The molecule has 5 heterocycles. The van der Waals surface area contributed by atoms with E-state index in [0.717, 1.165) is 59.3 Å². The van der Waals surface area contributed by atoms with E-state index in [1.807, 2.05) is 6.07 Å². The fourth-order valence-electron chi connectivity index (χ4n) is 8.95. The van der Waals surface area contributed by atoms with Gasteiger partial charge in [0.05, 0.1) is 34.8 Å². The number of hydrogen-bond acceptors (Lipinski definition) is 12. The molecule has 9 rings (SSSR count). The number of halogens is 2. The molecule has 0 unspecified atom stereocenters. The lowest BCUT2D eigenvalue weighted by molar-refractivity contribution is -0.384. The molecule has 0 radical (unpaired) electrons. The number of nitrogens with one attached hydrogen (secondary N) is 3. The van der Waals surface area contributed by atoms with Crippen LogP contribution in [0.25, 0.3) is 11.0 Å². The third-order valence-corrected chi connectivity index (χ3v) is 14.1. The van der Waals surface area contributed by atoms with Gasteiger partial charge < -0.3 is 29.4 Å². The number of nitro benzene ring substituents is 1. The van der Waals surface area contributed by atoms with Gasteiger partial charge in [-0.2, -0.15) is 0 Å². The Labute approximate surface area is 353 Å². The first kappa shape index (κ1) is 40.3. The summed E-state index contributed by atoms with van der Waals surface area (Å²) in [7, 11) is -4.59. The predicted octanol–water partition coefficient (Wildman–Crippen LogP) is 7.29. The van der Waals surface area contributed by atoms with Crippen molar-refractivity contribution in [2.45, 2.75) is 49.3 Å². The van der Waals surface area contributed by atoms with Gasteiger partial charge in [0.1, 0.15) is 28.7 Å². The summed E-state index contributed by atoms with van der Waals surface area (Å²) in [4.78, 5) is 37.0. The van der Waals surface area contributed by atoms with Gasteiger partial charge in [0.25, 0.3) is 21.6 Å². The second kappa shape index (κ2) is 16.7. The molecule has 314 valence electrons. The standard InChI is InChI=1S/C42H43BrFN7O8S/c43-35-19-27(44)18-34-32(35)3-1-2-4-37(34)50-14-12-49(13-15-50)28-5-7-33(39(20-28)59-29-17-25-9-11-45-40(25)47-23-29)41(52)48-60(55,56)30-6-8-36(38(21-30)51(53)54)46-22-26-24-58-42-31(26)10-16-57-42/h5-9,11,17-21,23,26,31,37,42,46H,1-4,10,12-16,22,24H2,(H,45,47)(H,48,52)/t26-,31-,37+,42+/m0/s1. The first-order valence-electron chi connectivity index (χ1n) is 20.1. The molecule has 3 N–H and O–H groups in total. The molecule has 2 aromatic heterocycles. The van der Waals surface area contributed by atoms with E-state index in [2.05, 4.69) is 45.7 Å². The maximum absolute atomic E-state index is 14.6. The summed E-state index contributed by atoms with van der Waals surface area (Å²) in [6.45, 7) is 4.15. The topological polar surface area (TPSA) is 181 Å². The summed E-state index contributed by atoms with van der Waals surface area (Å²) in [6, 6.07) is 15.3. The molecule has 15 nitrogen and oxygen atoms in total. The van der Waals surface area contributed by atoms with E-state index in [1.165, 1.54) is 30.0 Å². The van der Waals surface area contributed by atoms with Crippen LogP contribution in [0.2, 0.25) is 0 Å². The van der Waals surface area contributed by atoms with Gasteiger partial charge in [0.15, 0.2) is 6.29 Å². The molecule has 0 spiro atoms. The number of nitro groups is 1. The van der Waals surface area contributed by atoms with Crippen molar-refractivity contribution in [1.82, 2.24) is 19.6 Å². The molecule has 0 bridgehead atoms. The van der Waals surface area contributed by atoms with Crippen molar-refractivity contribution >= 4 is 60.0 Å². The molecule has 3 saturated heterocycles. The molecule has 60 heavy (non-hydrogen) atoms. The number of piperazine rings is 1. The molecule has 0 saturated carbocycles. The molecule has 1 amide bonds. The number of hydrogen-bond donors (Lipinski definition) is 3. The van der Waals surface area contributed by atoms with Gasteiger partial charge >= 0.3 is 0 Å². The Balaban J connectivity index is 0.942. The number of amides is 1. The van der Waals surface area contributed by atoms with Gasteiger partial charge in [-0.15, -0.1) is 0 Å². The number of aromatic amines is 1. The average Bonchev–Trinajstić information content (AvgIpc) is 3.96. The van der Waals surface area contributed by atoms with Gasteiger partial charge in [0.2, 0.25) is 0 Å². The van der Waals surface area contributed by atoms with Crippen LogP contribution in [0.15, 0.2) is 82.4 Å². The van der Waals surface area contributed by atoms with Crippen LogP contribution in [0.3, 0.4) is 0 Å². The quantitative estimate of drug-likeness (QED) is 0.0685. The average molecular weight is 905 g/mol. The fourth-order valence-corrected chi connectivity index (χ4v) is 10.6. The second-order valence-electron chi connectivity index (χ2n) is 15.6. The Kier molecular flexibility index (Phi) is 11.2. The highest BCUT2D eigenvalue weighted by molar-refractivity contribution is 9.10. The van der Waals surface area contributed by atoms with Crippen LogP contribution < -0.4 is 19.7 Å². The maximum Gasteiger partial charge on any atom is 0.293 e. The molecule has 4 atom stereocenters. The summed E-state index contributed by atoms with van der Waals surface area (Å²) < 4.78 is 62.5. The summed E-state index contributed by atoms with van der Waals surface area (Å²) in [5.74, 6) is -0.566. The number of ether oxygens (including phenoxy) is 3. The van der Waals surface area contributed by atoms with E-state index in [0.29, 0.717) is 57.3 Å². The van der Waals surface area contributed by atoms with Gasteiger partial charge in [-0.25, -0.2) is 22.5 Å². The number of fused-ring (bicyclic) bond motifs is 3. The van der Waals surface area contributed by atoms with Crippen LogP contribution >= 0.6 is 15.9 Å². The highest BCUT2D eigenvalue weighted by Gasteiger charge is 2.41. The lowest BCUT2D eigenvalue weighted by Gasteiger charge is -2.40. The maximum atomic E-state index is 14.6. The number of rotatable bonds is 11. The first-order valence-corrected chi connectivity index (χ1v) is 22.3. The van der Waals surface area contributed by atoms with Crippen LogP contribution in [-0.4, -0.2) is 86.3 Å². The Hall–Kier alpha value is -5.14. The number of aromatic nitrogens is 2. The number of pyridine rings is 1. The summed E-state index contributed by atoms with van der Waals surface area (Å²) in [6.07, 6.45) is 7.74. The minimum atomic E-state index is -4.59. The molecule has 5 aromatic rings. The second-order valence-corrected chi connectivity index (χ2v) is 18.2. The Morgan fingerprint density at radius 2 is 1.90 bits per heavy atom. The molecule has 1 aliphatic carbocycles. The highest BCUT2D eigenvalue weighted by atomic mass is 79.9. The number of anilines is 2. The van der Waals surface area contributed by atoms with E-state index < -0.39 is 31.4 Å². The van der Waals surface area contributed by atoms with Crippen molar-refractivity contribution in [3.63, 3.8) is 0 Å². The number of nitrogens with zero attached hydrogens (tertiary/aromatic N) is 4. The molecular formula is C42H43BrFN7O8S. The zero-order chi connectivity index (χ0) is 41.5. The molecule has 3 aromatic carbocycles. The van der Waals surface area contributed by atoms with Crippen LogP contribution in [0.4, 0.5) is 21.5 Å². The largest absolute Gasteiger partial charge is 0.455 e. The summed E-state index contributed by atoms with van der Waals surface area (Å²) >= 11 is 3.60. The smallest absolute Gasteiger partial charge is 0.293 e. The van der Waals surface area contributed by atoms with E-state index in [-0.39, 0.29) is 47.0 Å². The Bertz CT molecular complexity index is 2570. The number of carbonyl (C=O) groups excluding carboxylic acids is 1. The van der Waals surface area contributed by atoms with Crippen molar-refractivity contribution in [3.05, 3.63) is 110 Å². The van der Waals surface area contributed by atoms with Crippen LogP contribution in [0, 0.1) is 27.8 Å². The van der Waals surface area contributed by atoms with Gasteiger partial charge in [-0.1, -0.05) is 22.4 Å². The van der Waals surface area contributed by atoms with E-state index >= 15 is 0 Å². The van der Waals surface area contributed by atoms with Gasteiger partial charge in [-0.05, 0) is 85.3 Å². The predicted molar refractivity (Wildman–Crippen MR) is 224 cm³/mol. The first-order chi connectivity index (χ1) is 29.0. The van der Waals surface area contributed by atoms with Crippen molar-refractivity contribution < 1.29 is 36.7 Å². The lowest BCUT2D eigenvalue weighted by Crippen LogP contribution is -2.47. The fraction of sp³-hybridized carbons (Fsp3) is 0.381. The van der Waals surface area contributed by atoms with Crippen LogP contribution in [0.5, 0.6) is 11.5 Å². The van der Waals surface area contributed by atoms with Gasteiger partial charge in [0, 0.05) is 84.5 Å². The summed E-state index contributed by atoms with van der Waals surface area (Å²) in [5, 5.41) is 16.0. The van der Waals surface area contributed by atoms with Crippen molar-refractivity contribution in [3.8, 4) is 11.5 Å². The third-order valence-electron chi connectivity index (χ3n) is 12.1. The molecule has 3 fully saturated rings. The van der Waals surface area contributed by atoms with E-state index in [4.69, 9.17) is 14.2 Å². The van der Waals surface area contributed by atoms with Crippen LogP contribution in [-0.2, 0) is 25.9 Å². The zero-order valence-corrected chi connectivity index (χ0v) is 34.8. The Morgan fingerprint density at radius 1 is 1.05 bits per heavy atom. The number of carbonyl (C=O) groups is 1. The number of benzene rings is 3. The third kappa shape index (κ3) is 8.18. The highest BCUT2D eigenvalue weighted by Crippen LogP contribution is 2.40. The summed E-state index contributed by atoms with van der Waals surface area (Å²) in [5.41, 5.74) is 3.23. The van der Waals surface area contributed by atoms with Crippen molar-refractivity contribution in [2.75, 3.05) is 56.2 Å². The molecular weight excluding hydrogens is 861 g/mol. The molecule has 4 aliphatic rings. The van der Waals surface area contributed by atoms with Crippen molar-refractivity contribution in [2.24, 2.45) is 11.8 Å². The van der Waals surface area contributed by atoms with E-state index in [9.17, 15) is 27.7 Å². The molecule has 3 aliphatic heterocycles.